The van der Waals surface area contributed by atoms with Crippen LogP contribution in [0, 0.1) is 6.92 Å². The highest BCUT2D eigenvalue weighted by Gasteiger charge is 2.30. The summed E-state index contributed by atoms with van der Waals surface area (Å²) in [4.78, 5) is 19.6. The fourth-order valence-electron chi connectivity index (χ4n) is 3.25. The maximum Gasteiger partial charge on any atom is 0.416 e. The number of nitrogen functional groups attached to an aromatic ring is 1. The Morgan fingerprint density at radius 1 is 1.07 bits per heavy atom. The second kappa shape index (κ2) is 7.22. The van der Waals surface area contributed by atoms with Crippen molar-refractivity contribution in [3.05, 3.63) is 77.4 Å². The average Bonchev–Trinajstić information content (AvgIpc) is 3.08. The van der Waals surface area contributed by atoms with Crippen LogP contribution in [-0.2, 0) is 6.18 Å². The molecule has 4 N–H and O–H groups in total. The lowest BCUT2D eigenvalue weighted by Crippen LogP contribution is -2.14. The molecule has 4 rings (SSSR count). The molecule has 0 aliphatic carbocycles. The molecule has 1 amide bonds. The predicted molar refractivity (Wildman–Crippen MR) is 110 cm³/mol. The molecule has 0 aliphatic heterocycles. The Bertz CT molecular complexity index is 1260. The number of carbonyl (C=O) groups is 1. The molecular weight excluding hydrogens is 393 g/mol. The number of aromatic amines is 1. The van der Waals surface area contributed by atoms with Crippen molar-refractivity contribution in [2.75, 3.05) is 11.1 Å². The van der Waals surface area contributed by atoms with E-state index < -0.39 is 17.6 Å². The van der Waals surface area contributed by atoms with Gasteiger partial charge in [-0.15, -0.1) is 0 Å². The molecule has 0 unspecified atom stereocenters. The van der Waals surface area contributed by atoms with Gasteiger partial charge in [0.1, 0.15) is 0 Å². The van der Waals surface area contributed by atoms with E-state index in [0.29, 0.717) is 11.6 Å². The number of rotatable bonds is 3. The zero-order valence-electron chi connectivity index (χ0n) is 15.8. The van der Waals surface area contributed by atoms with Crippen molar-refractivity contribution < 1.29 is 18.0 Å². The van der Waals surface area contributed by atoms with Crippen LogP contribution in [0.25, 0.3) is 22.2 Å². The molecule has 0 aliphatic rings. The van der Waals surface area contributed by atoms with Crippen LogP contribution in [0.2, 0.25) is 0 Å². The number of anilines is 2. The third kappa shape index (κ3) is 3.84. The molecule has 3 aromatic carbocycles. The number of hydrogen-bond acceptors (Lipinski definition) is 3. The van der Waals surface area contributed by atoms with E-state index in [0.717, 1.165) is 39.9 Å². The van der Waals surface area contributed by atoms with Gasteiger partial charge in [0.2, 0.25) is 0 Å². The van der Waals surface area contributed by atoms with E-state index in [1.807, 2.05) is 31.2 Å². The molecule has 30 heavy (non-hydrogen) atoms. The molecule has 0 spiro atoms. The molecule has 4 aromatic rings. The second-order valence-corrected chi connectivity index (χ2v) is 6.92. The summed E-state index contributed by atoms with van der Waals surface area (Å²) in [7, 11) is 0. The lowest BCUT2D eigenvalue weighted by atomic mass is 9.99. The number of benzene rings is 3. The van der Waals surface area contributed by atoms with Crippen molar-refractivity contribution in [3.8, 4) is 11.1 Å². The number of aryl methyl sites for hydroxylation is 1. The number of fused-ring (bicyclic) bond motifs is 1. The summed E-state index contributed by atoms with van der Waals surface area (Å²) in [5.74, 6) is -0.298. The predicted octanol–water partition coefficient (Wildman–Crippen LogP) is 5.39. The fourth-order valence-corrected chi connectivity index (χ4v) is 3.25. The Morgan fingerprint density at radius 3 is 2.63 bits per heavy atom. The van der Waals surface area contributed by atoms with E-state index >= 15 is 0 Å². The molecular formula is C22H17F3N4O. The van der Waals surface area contributed by atoms with E-state index in [2.05, 4.69) is 15.3 Å². The van der Waals surface area contributed by atoms with Gasteiger partial charge in [-0.2, -0.15) is 13.2 Å². The fraction of sp³-hybridized carbons (Fsp3) is 0.0909. The number of nitrogens with zero attached hydrogens (tertiary/aromatic N) is 1. The van der Waals surface area contributed by atoms with E-state index in [9.17, 15) is 18.0 Å². The minimum atomic E-state index is -4.51. The first-order valence-corrected chi connectivity index (χ1v) is 9.05. The minimum Gasteiger partial charge on any atom is -0.369 e. The molecule has 152 valence electrons. The van der Waals surface area contributed by atoms with Gasteiger partial charge < -0.3 is 16.0 Å². The molecule has 5 nitrogen and oxygen atoms in total. The third-order valence-corrected chi connectivity index (χ3v) is 4.76. The number of halogens is 3. The maximum atomic E-state index is 12.9. The molecule has 0 atom stereocenters. The molecule has 1 heterocycles. The largest absolute Gasteiger partial charge is 0.416 e. The Balaban J connectivity index is 1.64. The lowest BCUT2D eigenvalue weighted by molar-refractivity contribution is -0.137. The van der Waals surface area contributed by atoms with Gasteiger partial charge >= 0.3 is 6.18 Å². The van der Waals surface area contributed by atoms with Gasteiger partial charge in [-0.1, -0.05) is 18.2 Å². The van der Waals surface area contributed by atoms with Gasteiger partial charge in [-0.05, 0) is 66.1 Å². The van der Waals surface area contributed by atoms with E-state index in [1.165, 1.54) is 12.1 Å². The van der Waals surface area contributed by atoms with Crippen molar-refractivity contribution >= 4 is 28.6 Å². The van der Waals surface area contributed by atoms with Gasteiger partial charge in [0.25, 0.3) is 5.91 Å². The molecule has 1 aromatic heterocycles. The number of nitrogens with two attached hydrogens (primary N) is 1. The number of hydrogen-bond donors (Lipinski definition) is 3. The van der Waals surface area contributed by atoms with Gasteiger partial charge in [0.05, 0.1) is 16.6 Å². The van der Waals surface area contributed by atoms with Crippen LogP contribution in [0.15, 0.2) is 60.7 Å². The highest BCUT2D eigenvalue weighted by Crippen LogP contribution is 2.31. The van der Waals surface area contributed by atoms with Crippen LogP contribution in [-0.4, -0.2) is 15.9 Å². The van der Waals surface area contributed by atoms with Crippen LogP contribution in [0.1, 0.15) is 21.5 Å². The standard InChI is InChI=1S/C22H17F3N4O/c1-12-5-7-16(27-20(30)14-3-2-4-15(9-14)22(23,24)25)11-17(12)13-6-8-18-19(10-13)29-21(26)28-18/h2-11H,1H3,(H,27,30)(H3,26,28,29). The molecule has 0 saturated heterocycles. The van der Waals surface area contributed by atoms with Gasteiger partial charge in [0, 0.05) is 11.3 Å². The van der Waals surface area contributed by atoms with Crippen molar-refractivity contribution in [2.45, 2.75) is 13.1 Å². The first kappa shape index (κ1) is 19.5. The molecule has 0 bridgehead atoms. The van der Waals surface area contributed by atoms with E-state index in [4.69, 9.17) is 5.73 Å². The van der Waals surface area contributed by atoms with Crippen LogP contribution >= 0.6 is 0 Å². The zero-order valence-corrected chi connectivity index (χ0v) is 15.8. The average molecular weight is 410 g/mol. The molecule has 0 fully saturated rings. The lowest BCUT2D eigenvalue weighted by Gasteiger charge is -2.12. The van der Waals surface area contributed by atoms with Crippen LogP contribution in [0.4, 0.5) is 24.8 Å². The first-order chi connectivity index (χ1) is 14.2. The summed E-state index contributed by atoms with van der Waals surface area (Å²) in [5, 5.41) is 2.67. The van der Waals surface area contributed by atoms with E-state index in [-0.39, 0.29) is 5.56 Å². The summed E-state index contributed by atoms with van der Waals surface area (Å²) in [6, 6.07) is 15.3. The minimum absolute atomic E-state index is 0.0682. The summed E-state index contributed by atoms with van der Waals surface area (Å²) in [6.07, 6.45) is -4.51. The summed E-state index contributed by atoms with van der Waals surface area (Å²) in [6.45, 7) is 1.93. The number of aromatic nitrogens is 2. The molecule has 0 radical (unpaired) electrons. The topological polar surface area (TPSA) is 83.8 Å². The quantitative estimate of drug-likeness (QED) is 0.423. The summed E-state index contributed by atoms with van der Waals surface area (Å²) < 4.78 is 38.7. The maximum absolute atomic E-state index is 12.9. The van der Waals surface area contributed by atoms with Crippen molar-refractivity contribution in [1.29, 1.82) is 0 Å². The van der Waals surface area contributed by atoms with Crippen LogP contribution < -0.4 is 11.1 Å². The Kier molecular flexibility index (Phi) is 4.69. The summed E-state index contributed by atoms with van der Waals surface area (Å²) in [5.41, 5.74) is 9.48. The number of carbonyl (C=O) groups excluding carboxylic acids is 1. The molecule has 8 heteroatoms. The van der Waals surface area contributed by atoms with E-state index in [1.54, 1.807) is 12.1 Å². The van der Waals surface area contributed by atoms with Gasteiger partial charge in [-0.3, -0.25) is 4.79 Å². The number of alkyl halides is 3. The van der Waals surface area contributed by atoms with Gasteiger partial charge in [-0.25, -0.2) is 4.98 Å². The normalized spacial score (nSPS) is 11.6. The molecule has 0 saturated carbocycles. The highest BCUT2D eigenvalue weighted by molar-refractivity contribution is 6.04. The van der Waals surface area contributed by atoms with Crippen LogP contribution in [0.5, 0.6) is 0 Å². The first-order valence-electron chi connectivity index (χ1n) is 9.05. The smallest absolute Gasteiger partial charge is 0.369 e. The Morgan fingerprint density at radius 2 is 1.87 bits per heavy atom. The Hall–Kier alpha value is -3.81. The Labute approximate surface area is 169 Å². The van der Waals surface area contributed by atoms with Crippen LogP contribution in [0.3, 0.4) is 0 Å². The number of H-pyrrole nitrogens is 1. The summed E-state index contributed by atoms with van der Waals surface area (Å²) >= 11 is 0. The van der Waals surface area contributed by atoms with Crippen molar-refractivity contribution in [1.82, 2.24) is 9.97 Å². The number of imidazole rings is 1. The number of amides is 1. The van der Waals surface area contributed by atoms with Gasteiger partial charge in [0.15, 0.2) is 5.95 Å². The third-order valence-electron chi connectivity index (χ3n) is 4.76. The highest BCUT2D eigenvalue weighted by atomic mass is 19.4. The zero-order chi connectivity index (χ0) is 21.5. The number of nitrogens with one attached hydrogen (secondary N) is 2. The monoisotopic (exact) mass is 410 g/mol. The second-order valence-electron chi connectivity index (χ2n) is 6.92. The van der Waals surface area contributed by atoms with Crippen molar-refractivity contribution in [3.63, 3.8) is 0 Å². The van der Waals surface area contributed by atoms with Crippen molar-refractivity contribution in [2.24, 2.45) is 0 Å². The SMILES string of the molecule is Cc1ccc(NC(=O)c2cccc(C(F)(F)F)c2)cc1-c1ccc2nc(N)[nH]c2c1.